The van der Waals surface area contributed by atoms with Crippen LogP contribution in [0, 0.1) is 6.92 Å². The van der Waals surface area contributed by atoms with Gasteiger partial charge in [-0.25, -0.2) is 9.78 Å². The van der Waals surface area contributed by atoms with E-state index in [1.54, 1.807) is 28.6 Å². The van der Waals surface area contributed by atoms with Crippen LogP contribution in [0.25, 0.3) is 17.0 Å². The first-order valence-corrected chi connectivity index (χ1v) is 10.6. The van der Waals surface area contributed by atoms with E-state index in [9.17, 15) is 9.59 Å². The number of nitrogens with zero attached hydrogens (tertiary/aromatic N) is 5. The van der Waals surface area contributed by atoms with Gasteiger partial charge in [0.1, 0.15) is 11.3 Å². The summed E-state index contributed by atoms with van der Waals surface area (Å²) >= 11 is 0. The zero-order chi connectivity index (χ0) is 22.9. The molecule has 10 heteroatoms. The topological polar surface area (TPSA) is 115 Å². The summed E-state index contributed by atoms with van der Waals surface area (Å²) in [5, 5.41) is 7.04. The highest BCUT2D eigenvalue weighted by atomic mass is 16.6. The molecule has 1 aromatic carbocycles. The number of fused-ring (bicyclic) bond motifs is 1. The number of carbonyl (C=O) groups is 2. The molecule has 4 heterocycles. The summed E-state index contributed by atoms with van der Waals surface area (Å²) in [7, 11) is 0. The molecule has 1 fully saturated rings. The van der Waals surface area contributed by atoms with E-state index < -0.39 is 0 Å². The molecule has 3 aromatic heterocycles. The number of likely N-dealkylation sites (tertiary alicyclic amines) is 1. The molecule has 1 aliphatic heterocycles. The number of hydrogen-bond acceptors (Lipinski definition) is 7. The lowest BCUT2D eigenvalue weighted by Gasteiger charge is -2.35. The summed E-state index contributed by atoms with van der Waals surface area (Å²) in [5.74, 6) is 0.610. The summed E-state index contributed by atoms with van der Waals surface area (Å²) in [6.07, 6.45) is 3.01. The second-order valence-electron chi connectivity index (χ2n) is 7.81. The molecule has 0 bridgehead atoms. The predicted octanol–water partition coefficient (Wildman–Crippen LogP) is 3.50. The van der Waals surface area contributed by atoms with Crippen molar-refractivity contribution in [1.82, 2.24) is 24.4 Å². The lowest BCUT2D eigenvalue weighted by Crippen LogP contribution is -2.48. The van der Waals surface area contributed by atoms with Gasteiger partial charge in [0.2, 0.25) is 11.7 Å². The van der Waals surface area contributed by atoms with Crippen LogP contribution >= 0.6 is 0 Å². The van der Waals surface area contributed by atoms with E-state index in [0.717, 1.165) is 5.56 Å². The summed E-state index contributed by atoms with van der Waals surface area (Å²) in [5.41, 5.74) is 3.39. The number of anilines is 1. The van der Waals surface area contributed by atoms with Gasteiger partial charge < -0.3 is 19.5 Å². The molecule has 1 aliphatic rings. The van der Waals surface area contributed by atoms with Crippen LogP contribution in [0.1, 0.15) is 34.8 Å². The van der Waals surface area contributed by atoms with Gasteiger partial charge in [0.15, 0.2) is 0 Å². The summed E-state index contributed by atoms with van der Waals surface area (Å²) in [6.45, 7) is 4.99. The second kappa shape index (κ2) is 8.38. The van der Waals surface area contributed by atoms with Gasteiger partial charge in [0.05, 0.1) is 18.7 Å². The molecule has 0 radical (unpaired) electrons. The number of hydrogen-bond donors (Lipinski definition) is 1. The highest BCUT2D eigenvalue weighted by Gasteiger charge is 2.36. The lowest BCUT2D eigenvalue weighted by atomic mass is 10.0. The van der Waals surface area contributed by atoms with Crippen LogP contribution in [-0.2, 0) is 4.74 Å². The molecule has 168 valence electrons. The Morgan fingerprint density at radius 3 is 2.91 bits per heavy atom. The van der Waals surface area contributed by atoms with Gasteiger partial charge in [-0.15, -0.1) is 0 Å². The molecule has 1 N–H and O–H groups in total. The van der Waals surface area contributed by atoms with E-state index in [1.165, 1.54) is 0 Å². The van der Waals surface area contributed by atoms with Crippen LogP contribution in [0.3, 0.4) is 0 Å². The maximum Gasteiger partial charge on any atom is 0.409 e. The molecule has 0 spiro atoms. The maximum atomic E-state index is 12.9. The number of pyridine rings is 1. The molecule has 0 unspecified atom stereocenters. The minimum atomic E-state index is -0.335. The Morgan fingerprint density at radius 2 is 2.09 bits per heavy atom. The number of amides is 2. The van der Waals surface area contributed by atoms with Crippen LogP contribution in [0.15, 0.2) is 53.3 Å². The first-order chi connectivity index (χ1) is 16.0. The number of imidazole rings is 1. The van der Waals surface area contributed by atoms with Gasteiger partial charge >= 0.3 is 6.09 Å². The molecule has 10 nitrogen and oxygen atoms in total. The Hall–Kier alpha value is -4.21. The van der Waals surface area contributed by atoms with Crippen molar-refractivity contribution < 1.29 is 18.8 Å². The third kappa shape index (κ3) is 3.91. The number of nitrogens with one attached hydrogen (secondary N) is 1. The van der Waals surface area contributed by atoms with Gasteiger partial charge in [-0.2, -0.15) is 4.98 Å². The van der Waals surface area contributed by atoms with Crippen molar-refractivity contribution in [3.8, 4) is 11.4 Å². The molecule has 2 amide bonds. The minimum absolute atomic E-state index is 0.0181. The fourth-order valence-electron chi connectivity index (χ4n) is 3.70. The van der Waals surface area contributed by atoms with E-state index >= 15 is 0 Å². The summed E-state index contributed by atoms with van der Waals surface area (Å²) in [6, 6.07) is 11.1. The molecule has 4 aromatic rings. The van der Waals surface area contributed by atoms with Gasteiger partial charge in [0.25, 0.3) is 5.91 Å². The van der Waals surface area contributed by atoms with Crippen LogP contribution in [0.4, 0.5) is 10.5 Å². The fraction of sp³-hybridized carbons (Fsp3) is 0.261. The van der Waals surface area contributed by atoms with Crippen molar-refractivity contribution in [3.05, 3.63) is 65.9 Å². The molecular weight excluding hydrogens is 424 g/mol. The average molecular weight is 446 g/mol. The Morgan fingerprint density at radius 1 is 1.24 bits per heavy atom. The first-order valence-electron chi connectivity index (χ1n) is 10.6. The normalized spacial score (nSPS) is 13.7. The molecule has 1 saturated heterocycles. The predicted molar refractivity (Wildman–Crippen MR) is 119 cm³/mol. The molecule has 0 aliphatic carbocycles. The second-order valence-corrected chi connectivity index (χ2v) is 7.81. The van der Waals surface area contributed by atoms with E-state index in [2.05, 4.69) is 20.4 Å². The monoisotopic (exact) mass is 446 g/mol. The highest BCUT2D eigenvalue weighted by molar-refractivity contribution is 6.04. The van der Waals surface area contributed by atoms with E-state index in [1.807, 2.05) is 43.3 Å². The summed E-state index contributed by atoms with van der Waals surface area (Å²) in [4.78, 5) is 35.0. The van der Waals surface area contributed by atoms with Crippen molar-refractivity contribution >= 4 is 23.3 Å². The zero-order valence-electron chi connectivity index (χ0n) is 18.2. The largest absolute Gasteiger partial charge is 0.450 e. The number of rotatable bonds is 5. The quantitative estimate of drug-likeness (QED) is 0.499. The molecule has 0 atom stereocenters. The average Bonchev–Trinajstić information content (AvgIpc) is 3.42. The Bertz CT molecular complexity index is 1340. The fourth-order valence-corrected chi connectivity index (χ4v) is 3.70. The van der Waals surface area contributed by atoms with E-state index in [4.69, 9.17) is 9.26 Å². The molecule has 5 rings (SSSR count). The third-order valence-corrected chi connectivity index (χ3v) is 5.59. The van der Waals surface area contributed by atoms with Gasteiger partial charge in [-0.1, -0.05) is 23.4 Å². The number of aromatic nitrogens is 4. The maximum absolute atomic E-state index is 12.9. The number of aryl methyl sites for hydroxylation is 1. The molecular formula is C23H22N6O4. The first kappa shape index (κ1) is 20.7. The Balaban J connectivity index is 1.31. The van der Waals surface area contributed by atoms with Crippen molar-refractivity contribution in [1.29, 1.82) is 0 Å². The van der Waals surface area contributed by atoms with Crippen LogP contribution in [-0.4, -0.2) is 56.1 Å². The SMILES string of the molecule is CCOC(=O)N1CC(c2nc(-c3ccc(C)c(NC(=O)c4cnc5ccccn45)c3)no2)C1. The number of carbonyl (C=O) groups excluding carboxylic acids is 2. The van der Waals surface area contributed by atoms with E-state index in [-0.39, 0.29) is 17.9 Å². The smallest absolute Gasteiger partial charge is 0.409 e. The standard InChI is InChI=1S/C23H22N6O4/c1-3-32-23(31)28-12-16(13-28)22-26-20(27-33-22)15-8-7-14(2)17(10-15)25-21(30)18-11-24-19-6-4-5-9-29(18)19/h4-11,16H,3,12-13H2,1-2H3,(H,25,30). The zero-order valence-corrected chi connectivity index (χ0v) is 18.2. The van der Waals surface area contributed by atoms with Gasteiger partial charge in [-0.05, 0) is 37.6 Å². The number of ether oxygens (including phenoxy) is 1. The third-order valence-electron chi connectivity index (χ3n) is 5.59. The Kier molecular flexibility index (Phi) is 5.25. The minimum Gasteiger partial charge on any atom is -0.450 e. The van der Waals surface area contributed by atoms with Crippen LogP contribution in [0.5, 0.6) is 0 Å². The molecule has 33 heavy (non-hydrogen) atoms. The van der Waals surface area contributed by atoms with Crippen LogP contribution in [0.2, 0.25) is 0 Å². The Labute approximate surface area is 189 Å². The highest BCUT2D eigenvalue weighted by Crippen LogP contribution is 2.29. The van der Waals surface area contributed by atoms with Gasteiger partial charge in [-0.3, -0.25) is 9.20 Å². The van der Waals surface area contributed by atoms with E-state index in [0.29, 0.717) is 54.0 Å². The van der Waals surface area contributed by atoms with Crippen molar-refractivity contribution in [2.24, 2.45) is 0 Å². The summed E-state index contributed by atoms with van der Waals surface area (Å²) < 4.78 is 12.2. The lowest BCUT2D eigenvalue weighted by molar-refractivity contribution is 0.0686. The van der Waals surface area contributed by atoms with Crippen molar-refractivity contribution in [2.75, 3.05) is 25.0 Å². The van der Waals surface area contributed by atoms with Gasteiger partial charge in [0, 0.05) is 30.5 Å². The number of benzene rings is 1. The van der Waals surface area contributed by atoms with Crippen molar-refractivity contribution in [2.45, 2.75) is 19.8 Å². The van der Waals surface area contributed by atoms with Crippen LogP contribution < -0.4 is 5.32 Å². The van der Waals surface area contributed by atoms with Crippen molar-refractivity contribution in [3.63, 3.8) is 0 Å². The molecule has 0 saturated carbocycles.